The molecule has 4 nitrogen and oxygen atoms in total. The third-order valence-electron chi connectivity index (χ3n) is 4.30. The van der Waals surface area contributed by atoms with Crippen molar-refractivity contribution in [3.05, 3.63) is 30.1 Å². The molecule has 2 heterocycles. The summed E-state index contributed by atoms with van der Waals surface area (Å²) in [6.45, 7) is 10.2. The predicted octanol–water partition coefficient (Wildman–Crippen LogP) is 3.59. The van der Waals surface area contributed by atoms with E-state index in [1.54, 1.807) is 0 Å². The molecule has 0 saturated carbocycles. The molecule has 1 amide bonds. The van der Waals surface area contributed by atoms with Gasteiger partial charge in [0, 0.05) is 25.4 Å². The zero-order valence-electron chi connectivity index (χ0n) is 13.9. The molecular weight excluding hydrogens is 274 g/mol. The Hall–Kier alpha value is -1.84. The van der Waals surface area contributed by atoms with E-state index in [9.17, 15) is 4.79 Å². The molecular formula is C18H25N3O. The number of aromatic nitrogens is 2. The summed E-state index contributed by atoms with van der Waals surface area (Å²) in [6, 6.07) is 8.65. The molecule has 0 unspecified atom stereocenters. The number of nitrogens with zero attached hydrogens (tertiary/aromatic N) is 3. The minimum Gasteiger partial charge on any atom is -0.338 e. The molecule has 0 radical (unpaired) electrons. The van der Waals surface area contributed by atoms with Crippen LogP contribution in [0.2, 0.25) is 0 Å². The molecule has 0 bridgehead atoms. The second-order valence-corrected chi connectivity index (χ2v) is 7.03. The number of likely N-dealkylation sites (tertiary alicyclic amines) is 1. The lowest BCUT2D eigenvalue weighted by Gasteiger charge is -2.41. The van der Waals surface area contributed by atoms with Crippen molar-refractivity contribution in [2.45, 2.75) is 46.1 Å². The number of para-hydroxylation sites is 2. The Labute approximate surface area is 132 Å². The van der Waals surface area contributed by atoms with Gasteiger partial charge < -0.3 is 9.47 Å². The smallest absolute Gasteiger partial charge is 0.222 e. The first-order valence-electron chi connectivity index (χ1n) is 8.22. The Balaban J connectivity index is 1.83. The van der Waals surface area contributed by atoms with Crippen molar-refractivity contribution in [2.75, 3.05) is 13.1 Å². The highest BCUT2D eigenvalue weighted by Crippen LogP contribution is 2.31. The van der Waals surface area contributed by atoms with Crippen LogP contribution in [-0.4, -0.2) is 33.4 Å². The van der Waals surface area contributed by atoms with Crippen LogP contribution in [0.25, 0.3) is 11.0 Å². The molecule has 0 N–H and O–H groups in total. The van der Waals surface area contributed by atoms with E-state index in [2.05, 4.69) is 50.5 Å². The third-order valence-corrected chi connectivity index (χ3v) is 4.30. The summed E-state index contributed by atoms with van der Waals surface area (Å²) < 4.78 is 2.35. The summed E-state index contributed by atoms with van der Waals surface area (Å²) in [5, 5.41) is 0. The van der Waals surface area contributed by atoms with Crippen LogP contribution in [0.1, 0.15) is 51.9 Å². The van der Waals surface area contributed by atoms with Crippen molar-refractivity contribution in [1.82, 2.24) is 14.5 Å². The number of imidazole rings is 1. The summed E-state index contributed by atoms with van der Waals surface area (Å²) >= 11 is 0. The van der Waals surface area contributed by atoms with Crippen LogP contribution in [0.5, 0.6) is 0 Å². The van der Waals surface area contributed by atoms with Gasteiger partial charge in [0.25, 0.3) is 0 Å². The largest absolute Gasteiger partial charge is 0.338 e. The Morgan fingerprint density at radius 3 is 2.55 bits per heavy atom. The number of hydrogen-bond donors (Lipinski definition) is 0. The van der Waals surface area contributed by atoms with Crippen LogP contribution in [0.15, 0.2) is 24.3 Å². The van der Waals surface area contributed by atoms with Gasteiger partial charge in [0.2, 0.25) is 5.91 Å². The lowest BCUT2D eigenvalue weighted by atomic mass is 10.0. The molecule has 1 aromatic carbocycles. The zero-order valence-corrected chi connectivity index (χ0v) is 13.9. The van der Waals surface area contributed by atoms with Crippen molar-refractivity contribution in [3.8, 4) is 0 Å². The Morgan fingerprint density at radius 2 is 1.91 bits per heavy atom. The van der Waals surface area contributed by atoms with Crippen LogP contribution in [0.4, 0.5) is 0 Å². The van der Waals surface area contributed by atoms with Gasteiger partial charge in [-0.05, 0) is 18.1 Å². The van der Waals surface area contributed by atoms with E-state index >= 15 is 0 Å². The van der Waals surface area contributed by atoms with Crippen molar-refractivity contribution in [2.24, 2.45) is 5.92 Å². The van der Waals surface area contributed by atoms with Crippen molar-refractivity contribution in [3.63, 3.8) is 0 Å². The summed E-state index contributed by atoms with van der Waals surface area (Å²) in [5.74, 6) is 2.21. The second-order valence-electron chi connectivity index (χ2n) is 7.03. The van der Waals surface area contributed by atoms with E-state index < -0.39 is 0 Å². The van der Waals surface area contributed by atoms with E-state index in [0.29, 0.717) is 24.3 Å². The Bertz CT molecular complexity index is 681. The Kier molecular flexibility index (Phi) is 3.94. The zero-order chi connectivity index (χ0) is 15.9. The normalized spacial score (nSPS) is 15.8. The molecule has 2 aromatic rings. The SMILES string of the molecule is CC(C)CC(=O)N1CC(n2c(C(C)C)nc3ccccc32)C1. The molecule has 0 atom stereocenters. The average molecular weight is 299 g/mol. The number of fused-ring (bicyclic) bond motifs is 1. The molecule has 4 heteroatoms. The molecule has 1 aliphatic heterocycles. The van der Waals surface area contributed by atoms with Crippen LogP contribution in [0, 0.1) is 5.92 Å². The maximum atomic E-state index is 12.1. The quantitative estimate of drug-likeness (QED) is 0.865. The topological polar surface area (TPSA) is 38.1 Å². The molecule has 1 aromatic heterocycles. The molecule has 118 valence electrons. The van der Waals surface area contributed by atoms with Crippen LogP contribution in [-0.2, 0) is 4.79 Å². The first-order valence-corrected chi connectivity index (χ1v) is 8.22. The summed E-state index contributed by atoms with van der Waals surface area (Å²) in [7, 11) is 0. The summed E-state index contributed by atoms with van der Waals surface area (Å²) in [6.07, 6.45) is 0.647. The van der Waals surface area contributed by atoms with Gasteiger partial charge in [-0.2, -0.15) is 0 Å². The van der Waals surface area contributed by atoms with Crippen LogP contribution >= 0.6 is 0 Å². The standard InChI is InChI=1S/C18H25N3O/c1-12(2)9-17(22)20-10-14(11-20)21-16-8-6-5-7-15(16)19-18(21)13(3)4/h5-8,12-14H,9-11H2,1-4H3. The molecule has 1 fully saturated rings. The van der Waals surface area contributed by atoms with Crippen molar-refractivity contribution in [1.29, 1.82) is 0 Å². The fraction of sp³-hybridized carbons (Fsp3) is 0.556. The maximum Gasteiger partial charge on any atom is 0.222 e. The van der Waals surface area contributed by atoms with Gasteiger partial charge in [-0.25, -0.2) is 4.98 Å². The Morgan fingerprint density at radius 1 is 1.23 bits per heavy atom. The van der Waals surface area contributed by atoms with Crippen LogP contribution < -0.4 is 0 Å². The molecule has 1 saturated heterocycles. The fourth-order valence-electron chi connectivity index (χ4n) is 3.15. The van der Waals surface area contributed by atoms with E-state index in [1.165, 1.54) is 5.52 Å². The maximum absolute atomic E-state index is 12.1. The predicted molar refractivity (Wildman–Crippen MR) is 88.9 cm³/mol. The van der Waals surface area contributed by atoms with E-state index in [1.807, 2.05) is 11.0 Å². The fourth-order valence-corrected chi connectivity index (χ4v) is 3.15. The van der Waals surface area contributed by atoms with Gasteiger partial charge >= 0.3 is 0 Å². The highest BCUT2D eigenvalue weighted by Gasteiger charge is 2.34. The highest BCUT2D eigenvalue weighted by atomic mass is 16.2. The lowest BCUT2D eigenvalue weighted by Crippen LogP contribution is -2.51. The van der Waals surface area contributed by atoms with E-state index in [0.717, 1.165) is 24.4 Å². The number of carbonyl (C=O) groups excluding carboxylic acids is 1. The van der Waals surface area contributed by atoms with Gasteiger partial charge in [-0.15, -0.1) is 0 Å². The minimum absolute atomic E-state index is 0.279. The van der Waals surface area contributed by atoms with Crippen molar-refractivity contribution < 1.29 is 4.79 Å². The highest BCUT2D eigenvalue weighted by molar-refractivity contribution is 5.78. The molecule has 3 rings (SSSR count). The van der Waals surface area contributed by atoms with Gasteiger partial charge in [0.1, 0.15) is 5.82 Å². The summed E-state index contributed by atoms with van der Waals surface area (Å²) in [4.78, 5) is 18.9. The number of benzene rings is 1. The first-order chi connectivity index (χ1) is 10.5. The number of rotatable bonds is 4. The monoisotopic (exact) mass is 299 g/mol. The number of hydrogen-bond acceptors (Lipinski definition) is 2. The molecule has 0 spiro atoms. The molecule has 0 aliphatic carbocycles. The van der Waals surface area contributed by atoms with Crippen molar-refractivity contribution >= 4 is 16.9 Å². The van der Waals surface area contributed by atoms with Gasteiger partial charge in [0.05, 0.1) is 17.1 Å². The van der Waals surface area contributed by atoms with Gasteiger partial charge in [0.15, 0.2) is 0 Å². The first kappa shape index (κ1) is 15.1. The number of amides is 1. The van der Waals surface area contributed by atoms with Crippen LogP contribution in [0.3, 0.4) is 0 Å². The summed E-state index contributed by atoms with van der Waals surface area (Å²) in [5.41, 5.74) is 2.24. The number of carbonyl (C=O) groups is 1. The average Bonchev–Trinajstić information content (AvgIpc) is 2.76. The second kappa shape index (κ2) is 5.75. The van der Waals surface area contributed by atoms with E-state index in [4.69, 9.17) is 4.98 Å². The van der Waals surface area contributed by atoms with Gasteiger partial charge in [-0.3, -0.25) is 4.79 Å². The lowest BCUT2D eigenvalue weighted by molar-refractivity contribution is -0.137. The molecule has 1 aliphatic rings. The molecule has 22 heavy (non-hydrogen) atoms. The van der Waals surface area contributed by atoms with Gasteiger partial charge in [-0.1, -0.05) is 39.8 Å². The third kappa shape index (κ3) is 2.62. The minimum atomic E-state index is 0.279. The van der Waals surface area contributed by atoms with E-state index in [-0.39, 0.29) is 5.91 Å².